The van der Waals surface area contributed by atoms with Crippen molar-refractivity contribution in [2.75, 3.05) is 33.4 Å². The number of methoxy groups -OCH3 is 1. The Morgan fingerprint density at radius 1 is 1.36 bits per heavy atom. The van der Waals surface area contributed by atoms with Crippen molar-refractivity contribution in [3.63, 3.8) is 0 Å². The van der Waals surface area contributed by atoms with Crippen LogP contribution in [0, 0.1) is 0 Å². The Hall–Kier alpha value is -1.15. The second-order valence-electron chi connectivity index (χ2n) is 4.52. The smallest absolute Gasteiger partial charge is 0.383 e. The van der Waals surface area contributed by atoms with Crippen molar-refractivity contribution in [3.05, 3.63) is 16.1 Å². The van der Waals surface area contributed by atoms with Crippen LogP contribution in [0.1, 0.15) is 17.6 Å². The number of guanidine groups is 1. The molecule has 0 aliphatic carbocycles. The topological polar surface area (TPSA) is 87.6 Å². The molecule has 0 aromatic carbocycles. The third kappa shape index (κ3) is 9.79. The highest BCUT2D eigenvalue weighted by atomic mass is 127. The molecule has 1 amide bonds. The zero-order valence-corrected chi connectivity index (χ0v) is 16.9. The number of alkyl halides is 3. The average molecular weight is 495 g/mol. The molecule has 0 radical (unpaired) electrons. The lowest BCUT2D eigenvalue weighted by atomic mass is 10.5. The molecule has 0 saturated heterocycles. The first kappa shape index (κ1) is 23.8. The van der Waals surface area contributed by atoms with Gasteiger partial charge in [-0.2, -0.15) is 13.2 Å². The number of nitrogens with one attached hydrogen (secondary N) is 3. The zero-order chi connectivity index (χ0) is 18.0. The Morgan fingerprint density at radius 3 is 2.64 bits per heavy atom. The largest absolute Gasteiger partial charge is 0.434 e. The molecule has 1 aromatic heterocycles. The van der Waals surface area contributed by atoms with E-state index >= 15 is 0 Å². The van der Waals surface area contributed by atoms with Gasteiger partial charge in [-0.05, 0) is 6.92 Å². The molecule has 0 aliphatic heterocycles. The Morgan fingerprint density at radius 2 is 2.08 bits per heavy atom. The Bertz CT molecular complexity index is 554. The summed E-state index contributed by atoms with van der Waals surface area (Å²) in [5.74, 6) is 0.0426. The fourth-order valence-corrected chi connectivity index (χ4v) is 2.26. The minimum absolute atomic E-state index is 0. The summed E-state index contributed by atoms with van der Waals surface area (Å²) in [5.41, 5.74) is -0.913. The molecule has 0 spiro atoms. The molecule has 0 unspecified atom stereocenters. The molecule has 0 atom stereocenters. The number of nitrogens with zero attached hydrogens (tertiary/aromatic N) is 2. The Balaban J connectivity index is 0.00000576. The number of aliphatic imine (C=N–C) groups is 1. The van der Waals surface area contributed by atoms with Crippen LogP contribution in [0.2, 0.25) is 0 Å². The van der Waals surface area contributed by atoms with Crippen LogP contribution in [0.4, 0.5) is 13.2 Å². The van der Waals surface area contributed by atoms with E-state index in [9.17, 15) is 18.0 Å². The van der Waals surface area contributed by atoms with Gasteiger partial charge in [0.1, 0.15) is 11.6 Å². The highest BCUT2D eigenvalue weighted by Gasteiger charge is 2.33. The number of carbonyl (C=O) groups is 1. The number of ether oxygens (including phenoxy) is 1. The molecule has 1 rings (SSSR count). The van der Waals surface area contributed by atoms with Gasteiger partial charge in [0.2, 0.25) is 5.91 Å². The number of hydrogen-bond donors (Lipinski definition) is 3. The van der Waals surface area contributed by atoms with Crippen LogP contribution in [0.5, 0.6) is 0 Å². The second-order valence-corrected chi connectivity index (χ2v) is 5.46. The molecule has 0 aliphatic rings. The van der Waals surface area contributed by atoms with Crippen molar-refractivity contribution in [1.29, 1.82) is 0 Å². The van der Waals surface area contributed by atoms with E-state index in [1.807, 2.05) is 6.92 Å². The summed E-state index contributed by atoms with van der Waals surface area (Å²) < 4.78 is 42.3. The Labute approximate surface area is 164 Å². The van der Waals surface area contributed by atoms with E-state index in [-0.39, 0.29) is 48.0 Å². The first-order valence-corrected chi connectivity index (χ1v) is 8.04. The maximum absolute atomic E-state index is 12.5. The summed E-state index contributed by atoms with van der Waals surface area (Å²) in [6, 6.07) is 0. The lowest BCUT2D eigenvalue weighted by molar-refractivity contribution is -0.140. The molecule has 3 N–H and O–H groups in total. The van der Waals surface area contributed by atoms with E-state index < -0.39 is 11.9 Å². The van der Waals surface area contributed by atoms with Crippen LogP contribution in [-0.2, 0) is 22.3 Å². The van der Waals surface area contributed by atoms with Gasteiger partial charge < -0.3 is 20.7 Å². The average Bonchev–Trinajstić information content (AvgIpc) is 2.99. The highest BCUT2D eigenvalue weighted by Crippen LogP contribution is 2.29. The molecule has 12 heteroatoms. The summed E-state index contributed by atoms with van der Waals surface area (Å²) in [6.07, 6.45) is -4.45. The number of thiazole rings is 1. The van der Waals surface area contributed by atoms with Gasteiger partial charge in [-0.25, -0.2) is 9.98 Å². The molecule has 0 fully saturated rings. The summed E-state index contributed by atoms with van der Waals surface area (Å²) >= 11 is 0.905. The van der Waals surface area contributed by atoms with Gasteiger partial charge in [0, 0.05) is 25.6 Å². The van der Waals surface area contributed by atoms with Crippen molar-refractivity contribution >= 4 is 47.2 Å². The molecular weight excluding hydrogens is 474 g/mol. The van der Waals surface area contributed by atoms with Crippen molar-refractivity contribution in [3.8, 4) is 0 Å². The molecule has 1 aromatic rings. The van der Waals surface area contributed by atoms with Crippen molar-refractivity contribution in [1.82, 2.24) is 20.9 Å². The van der Waals surface area contributed by atoms with Gasteiger partial charge in [-0.15, -0.1) is 35.3 Å². The van der Waals surface area contributed by atoms with Crippen LogP contribution < -0.4 is 16.0 Å². The molecule has 1 heterocycles. The summed E-state index contributed by atoms with van der Waals surface area (Å²) in [7, 11) is 1.53. The predicted octanol–water partition coefficient (Wildman–Crippen LogP) is 1.60. The first-order valence-electron chi connectivity index (χ1n) is 7.16. The summed E-state index contributed by atoms with van der Waals surface area (Å²) in [6.45, 7) is 3.14. The third-order valence-corrected chi connectivity index (χ3v) is 3.45. The standard InChI is InChI=1S/C13H20F3N5O2S.HI/c1-3-17-12(19-6-10(22)18-4-5-23-2)20-7-11-21-9(8-24-11)13(14,15)16;/h8H,3-7H2,1-2H3,(H,18,22)(H2,17,19,20);1H. The molecule has 25 heavy (non-hydrogen) atoms. The fraction of sp³-hybridized carbons (Fsp3) is 0.615. The van der Waals surface area contributed by atoms with Crippen LogP contribution in [-0.4, -0.2) is 50.2 Å². The van der Waals surface area contributed by atoms with Crippen LogP contribution >= 0.6 is 35.3 Å². The summed E-state index contributed by atoms with van der Waals surface area (Å²) in [4.78, 5) is 19.1. The maximum atomic E-state index is 12.5. The number of aromatic nitrogens is 1. The van der Waals surface area contributed by atoms with E-state index in [1.54, 1.807) is 0 Å². The van der Waals surface area contributed by atoms with Crippen LogP contribution in [0.25, 0.3) is 0 Å². The van der Waals surface area contributed by atoms with E-state index in [0.717, 1.165) is 16.7 Å². The molecule has 144 valence electrons. The number of carbonyl (C=O) groups excluding carboxylic acids is 1. The highest BCUT2D eigenvalue weighted by molar-refractivity contribution is 14.0. The van der Waals surface area contributed by atoms with E-state index in [0.29, 0.717) is 25.7 Å². The Kier molecular flexibility index (Phi) is 11.7. The molecule has 0 saturated carbocycles. The molecule has 7 nitrogen and oxygen atoms in total. The SMILES string of the molecule is CCNC(=NCC(=O)NCCOC)NCc1nc(C(F)(F)F)cs1.I. The third-order valence-electron chi connectivity index (χ3n) is 2.60. The minimum atomic E-state index is -4.45. The monoisotopic (exact) mass is 495 g/mol. The number of hydrogen-bond acceptors (Lipinski definition) is 5. The minimum Gasteiger partial charge on any atom is -0.383 e. The van der Waals surface area contributed by atoms with Crippen LogP contribution in [0.15, 0.2) is 10.4 Å². The second kappa shape index (κ2) is 12.2. The van der Waals surface area contributed by atoms with Gasteiger partial charge >= 0.3 is 6.18 Å². The fourth-order valence-electron chi connectivity index (χ4n) is 1.52. The van der Waals surface area contributed by atoms with Gasteiger partial charge in [0.15, 0.2) is 11.7 Å². The number of rotatable bonds is 8. The first-order chi connectivity index (χ1) is 11.4. The van der Waals surface area contributed by atoms with E-state index in [1.165, 1.54) is 7.11 Å². The molecular formula is C13H21F3IN5O2S. The quantitative estimate of drug-likeness (QED) is 0.221. The van der Waals surface area contributed by atoms with Crippen molar-refractivity contribution in [2.24, 2.45) is 4.99 Å². The van der Waals surface area contributed by atoms with Gasteiger partial charge in [-0.1, -0.05) is 0 Å². The zero-order valence-electron chi connectivity index (χ0n) is 13.8. The number of amides is 1. The number of halogens is 4. The van der Waals surface area contributed by atoms with Gasteiger partial charge in [0.05, 0.1) is 13.2 Å². The predicted molar refractivity (Wildman–Crippen MR) is 100 cm³/mol. The normalized spacial score (nSPS) is 11.6. The maximum Gasteiger partial charge on any atom is 0.434 e. The van der Waals surface area contributed by atoms with Gasteiger partial charge in [-0.3, -0.25) is 4.79 Å². The van der Waals surface area contributed by atoms with E-state index in [4.69, 9.17) is 4.74 Å². The van der Waals surface area contributed by atoms with Gasteiger partial charge in [0.25, 0.3) is 0 Å². The molecule has 0 bridgehead atoms. The van der Waals surface area contributed by atoms with Crippen LogP contribution in [0.3, 0.4) is 0 Å². The van der Waals surface area contributed by atoms with Crippen molar-refractivity contribution in [2.45, 2.75) is 19.6 Å². The lowest BCUT2D eigenvalue weighted by Crippen LogP contribution is -2.38. The summed E-state index contributed by atoms with van der Waals surface area (Å²) in [5, 5.41) is 9.59. The van der Waals surface area contributed by atoms with E-state index in [2.05, 4.69) is 25.9 Å². The lowest BCUT2D eigenvalue weighted by Gasteiger charge is -2.10. The van der Waals surface area contributed by atoms with Crippen molar-refractivity contribution < 1.29 is 22.7 Å².